The molecule has 0 aliphatic carbocycles. The first-order valence-electron chi connectivity index (χ1n) is 8.11. The normalized spacial score (nSPS) is 10.4. The van der Waals surface area contributed by atoms with Crippen LogP contribution in [0.3, 0.4) is 0 Å². The van der Waals surface area contributed by atoms with E-state index in [1.165, 1.54) is 24.9 Å². The summed E-state index contributed by atoms with van der Waals surface area (Å²) >= 11 is 14.2. The van der Waals surface area contributed by atoms with Gasteiger partial charge in [0.2, 0.25) is 11.0 Å². The fraction of sp³-hybridized carbons (Fsp3) is 0.111. The van der Waals surface area contributed by atoms with E-state index in [2.05, 4.69) is 20.8 Å². The van der Waals surface area contributed by atoms with Crippen molar-refractivity contribution >= 4 is 68.9 Å². The lowest BCUT2D eigenvalue weighted by molar-refractivity contribution is -0.113. The third kappa shape index (κ3) is 6.07. The molecule has 0 bridgehead atoms. The maximum Gasteiger partial charge on any atom is 0.261 e. The van der Waals surface area contributed by atoms with Crippen molar-refractivity contribution in [2.75, 3.05) is 23.5 Å². The first-order valence-corrected chi connectivity index (χ1v) is 10.7. The molecule has 29 heavy (non-hydrogen) atoms. The fourth-order valence-electron chi connectivity index (χ4n) is 2.23. The van der Waals surface area contributed by atoms with Crippen molar-refractivity contribution < 1.29 is 14.3 Å². The second kappa shape index (κ2) is 9.93. The van der Waals surface area contributed by atoms with E-state index in [-0.39, 0.29) is 17.2 Å². The highest BCUT2D eigenvalue weighted by atomic mass is 35.5. The molecular formula is C18H14Cl2N4O3S2. The predicted octanol–water partition coefficient (Wildman–Crippen LogP) is 4.84. The van der Waals surface area contributed by atoms with Crippen molar-refractivity contribution in [1.82, 2.24) is 10.2 Å². The first kappa shape index (κ1) is 21.4. The average molecular weight is 469 g/mol. The lowest BCUT2D eigenvalue weighted by atomic mass is 10.2. The van der Waals surface area contributed by atoms with E-state index in [0.29, 0.717) is 31.0 Å². The number of carbonyl (C=O) groups is 2. The Bertz CT molecular complexity index is 1050. The Balaban J connectivity index is 1.56. The summed E-state index contributed by atoms with van der Waals surface area (Å²) in [7, 11) is 1.47. The number of hydrogen-bond acceptors (Lipinski definition) is 7. The van der Waals surface area contributed by atoms with Crippen LogP contribution in [0.4, 0.5) is 10.8 Å². The maximum atomic E-state index is 12.5. The van der Waals surface area contributed by atoms with E-state index in [1.807, 2.05) is 0 Å². The van der Waals surface area contributed by atoms with Gasteiger partial charge in [0.1, 0.15) is 5.75 Å². The number of thioether (sulfide) groups is 1. The molecule has 2 N–H and O–H groups in total. The summed E-state index contributed by atoms with van der Waals surface area (Å²) < 4.78 is 5.72. The van der Waals surface area contributed by atoms with Gasteiger partial charge in [0.25, 0.3) is 5.91 Å². The number of ether oxygens (including phenoxy) is 1. The van der Waals surface area contributed by atoms with Gasteiger partial charge in [-0.05, 0) is 36.4 Å². The van der Waals surface area contributed by atoms with E-state index < -0.39 is 5.91 Å². The number of anilines is 2. The third-order valence-corrected chi connectivity index (χ3v) is 5.91. The monoisotopic (exact) mass is 468 g/mol. The van der Waals surface area contributed by atoms with Crippen molar-refractivity contribution in [3.8, 4) is 5.75 Å². The molecule has 3 rings (SSSR count). The summed E-state index contributed by atoms with van der Waals surface area (Å²) in [5, 5.41) is 14.6. The number of hydrogen-bond donors (Lipinski definition) is 2. The van der Waals surface area contributed by atoms with Gasteiger partial charge in [0.15, 0.2) is 4.34 Å². The number of halogens is 2. The number of nitrogens with zero attached hydrogens (tertiary/aromatic N) is 2. The molecule has 2 amide bonds. The molecule has 0 unspecified atom stereocenters. The first-order chi connectivity index (χ1) is 13.9. The predicted molar refractivity (Wildman–Crippen MR) is 117 cm³/mol. The van der Waals surface area contributed by atoms with Crippen LogP contribution in [0.2, 0.25) is 10.0 Å². The Hall–Kier alpha value is -2.33. The number of aromatic nitrogens is 2. The van der Waals surface area contributed by atoms with Gasteiger partial charge in [-0.3, -0.25) is 14.9 Å². The molecule has 0 spiro atoms. The Labute approximate surface area is 184 Å². The molecule has 3 aromatic rings. The van der Waals surface area contributed by atoms with Crippen molar-refractivity contribution in [2.24, 2.45) is 0 Å². The number of methoxy groups -OCH3 is 1. The van der Waals surface area contributed by atoms with Gasteiger partial charge in [-0.25, -0.2) is 0 Å². The van der Waals surface area contributed by atoms with Gasteiger partial charge in [-0.15, -0.1) is 10.2 Å². The van der Waals surface area contributed by atoms with E-state index in [1.54, 1.807) is 36.4 Å². The zero-order chi connectivity index (χ0) is 20.8. The second-order valence-corrected chi connectivity index (χ2v) is 8.59. The van der Waals surface area contributed by atoms with Gasteiger partial charge in [0, 0.05) is 15.7 Å². The lowest BCUT2D eigenvalue weighted by Crippen LogP contribution is -2.13. The highest BCUT2D eigenvalue weighted by Gasteiger charge is 2.16. The van der Waals surface area contributed by atoms with Gasteiger partial charge in [0.05, 0.1) is 18.4 Å². The smallest absolute Gasteiger partial charge is 0.261 e. The number of benzene rings is 2. The van der Waals surface area contributed by atoms with Gasteiger partial charge in [-0.1, -0.05) is 52.4 Å². The Morgan fingerprint density at radius 2 is 1.90 bits per heavy atom. The lowest BCUT2D eigenvalue weighted by Gasteiger charge is -2.07. The quantitative estimate of drug-likeness (QED) is 0.380. The highest BCUT2D eigenvalue weighted by molar-refractivity contribution is 8.01. The molecule has 0 aliphatic heterocycles. The van der Waals surface area contributed by atoms with Gasteiger partial charge >= 0.3 is 0 Å². The molecule has 11 heteroatoms. The summed E-state index contributed by atoms with van der Waals surface area (Å²) in [6.07, 6.45) is 0. The molecule has 1 heterocycles. The molecule has 1 aromatic heterocycles. The molecule has 2 aromatic carbocycles. The van der Waals surface area contributed by atoms with Crippen LogP contribution in [0.5, 0.6) is 5.75 Å². The minimum absolute atomic E-state index is 0.136. The topological polar surface area (TPSA) is 93.2 Å². The molecule has 0 radical (unpaired) electrons. The van der Waals surface area contributed by atoms with Crippen LogP contribution in [0, 0.1) is 0 Å². The van der Waals surface area contributed by atoms with Crippen LogP contribution in [0.15, 0.2) is 46.8 Å². The molecule has 0 saturated heterocycles. The average Bonchev–Trinajstić information content (AvgIpc) is 3.13. The van der Waals surface area contributed by atoms with Gasteiger partial charge < -0.3 is 10.1 Å². The summed E-state index contributed by atoms with van der Waals surface area (Å²) in [5.41, 5.74) is 0.897. The zero-order valence-corrected chi connectivity index (χ0v) is 18.1. The number of rotatable bonds is 7. The van der Waals surface area contributed by atoms with Gasteiger partial charge in [-0.2, -0.15) is 0 Å². The molecular weight excluding hydrogens is 455 g/mol. The molecule has 7 nitrogen and oxygen atoms in total. The second-order valence-electron chi connectivity index (χ2n) is 5.52. The minimum atomic E-state index is -0.421. The summed E-state index contributed by atoms with van der Waals surface area (Å²) in [6.45, 7) is 0. The van der Waals surface area contributed by atoms with E-state index >= 15 is 0 Å². The van der Waals surface area contributed by atoms with E-state index in [9.17, 15) is 9.59 Å². The molecule has 0 aliphatic rings. The Morgan fingerprint density at radius 1 is 1.10 bits per heavy atom. The zero-order valence-electron chi connectivity index (χ0n) is 14.9. The molecule has 0 atom stereocenters. The number of amides is 2. The van der Waals surface area contributed by atoms with Crippen LogP contribution in [0.1, 0.15) is 10.4 Å². The third-order valence-electron chi connectivity index (χ3n) is 3.47. The van der Waals surface area contributed by atoms with E-state index in [0.717, 1.165) is 11.3 Å². The molecule has 150 valence electrons. The summed E-state index contributed by atoms with van der Waals surface area (Å²) in [6, 6.07) is 11.6. The van der Waals surface area contributed by atoms with Crippen molar-refractivity contribution in [3.05, 3.63) is 58.1 Å². The standard InChI is InChI=1S/C18H14Cl2N4O3S2/c1-27-14-6-5-11(20)8-13(14)16(26)22-17-23-24-18(29-17)28-9-15(25)21-12-4-2-3-10(19)7-12/h2-8H,9H2,1H3,(H,21,25)(H,22,23,26). The largest absolute Gasteiger partial charge is 0.496 e. The highest BCUT2D eigenvalue weighted by Crippen LogP contribution is 2.28. The SMILES string of the molecule is COc1ccc(Cl)cc1C(=O)Nc1nnc(SCC(=O)Nc2cccc(Cl)c2)s1. The Kier molecular flexibility index (Phi) is 7.32. The van der Waals surface area contributed by atoms with Crippen molar-refractivity contribution in [2.45, 2.75) is 4.34 Å². The van der Waals surface area contributed by atoms with Crippen molar-refractivity contribution in [3.63, 3.8) is 0 Å². The fourth-order valence-corrected chi connectivity index (χ4v) is 4.14. The van der Waals surface area contributed by atoms with Crippen molar-refractivity contribution in [1.29, 1.82) is 0 Å². The van der Waals surface area contributed by atoms with Crippen LogP contribution in [-0.2, 0) is 4.79 Å². The number of nitrogens with one attached hydrogen (secondary N) is 2. The van der Waals surface area contributed by atoms with Crippen LogP contribution >= 0.6 is 46.3 Å². The molecule has 0 saturated carbocycles. The number of carbonyl (C=O) groups excluding carboxylic acids is 2. The van der Waals surface area contributed by atoms with E-state index in [4.69, 9.17) is 27.9 Å². The minimum Gasteiger partial charge on any atom is -0.496 e. The van der Waals surface area contributed by atoms with Crippen LogP contribution in [0.25, 0.3) is 0 Å². The van der Waals surface area contributed by atoms with Crippen LogP contribution in [-0.4, -0.2) is 34.9 Å². The molecule has 0 fully saturated rings. The Morgan fingerprint density at radius 3 is 2.66 bits per heavy atom. The summed E-state index contributed by atoms with van der Waals surface area (Å²) in [5.74, 6) is -0.0989. The van der Waals surface area contributed by atoms with Crippen LogP contribution < -0.4 is 15.4 Å². The summed E-state index contributed by atoms with van der Waals surface area (Å²) in [4.78, 5) is 24.5. The maximum absolute atomic E-state index is 12.5.